The van der Waals surface area contributed by atoms with E-state index in [1.54, 1.807) is 36.3 Å². The van der Waals surface area contributed by atoms with Gasteiger partial charge in [0.25, 0.3) is 0 Å². The van der Waals surface area contributed by atoms with Crippen molar-refractivity contribution in [2.45, 2.75) is 70.5 Å². The average molecular weight is 606 g/mol. The predicted octanol–water partition coefficient (Wildman–Crippen LogP) is 5.25. The number of anilines is 1. The second-order valence-electron chi connectivity index (χ2n) is 11.3. The maximum Gasteiger partial charge on any atom is 0.243 e. The van der Waals surface area contributed by atoms with E-state index in [1.165, 1.54) is 4.31 Å². The molecule has 3 aromatic carbocycles. The van der Waals surface area contributed by atoms with Crippen LogP contribution in [0.15, 0.2) is 78.9 Å². The molecule has 1 aliphatic carbocycles. The highest BCUT2D eigenvalue weighted by Gasteiger charge is 2.32. The van der Waals surface area contributed by atoms with E-state index in [2.05, 4.69) is 5.32 Å². The number of benzene rings is 3. The molecular formula is C34H43N3O5S. The van der Waals surface area contributed by atoms with Crippen LogP contribution in [0.5, 0.6) is 5.75 Å². The lowest BCUT2D eigenvalue weighted by Gasteiger charge is -2.33. The molecule has 1 saturated carbocycles. The summed E-state index contributed by atoms with van der Waals surface area (Å²) in [6.45, 7) is 2.42. The number of carbonyl (C=O) groups is 2. The smallest absolute Gasteiger partial charge is 0.243 e. The van der Waals surface area contributed by atoms with Gasteiger partial charge in [0.15, 0.2) is 0 Å². The number of methoxy groups -OCH3 is 1. The van der Waals surface area contributed by atoms with Gasteiger partial charge >= 0.3 is 0 Å². The van der Waals surface area contributed by atoms with Crippen molar-refractivity contribution < 1.29 is 22.7 Å². The molecule has 1 fully saturated rings. The summed E-state index contributed by atoms with van der Waals surface area (Å²) in [5.74, 6) is 0.294. The molecule has 3 aromatic rings. The number of hydrogen-bond acceptors (Lipinski definition) is 5. The van der Waals surface area contributed by atoms with Crippen molar-refractivity contribution in [2.75, 3.05) is 24.2 Å². The Bertz CT molecular complexity index is 1450. The van der Waals surface area contributed by atoms with Gasteiger partial charge in [0, 0.05) is 32.0 Å². The highest BCUT2D eigenvalue weighted by Crippen LogP contribution is 2.24. The highest BCUT2D eigenvalue weighted by atomic mass is 32.2. The average Bonchev–Trinajstić information content (AvgIpc) is 3.51. The van der Waals surface area contributed by atoms with E-state index < -0.39 is 16.1 Å². The summed E-state index contributed by atoms with van der Waals surface area (Å²) >= 11 is 0. The highest BCUT2D eigenvalue weighted by molar-refractivity contribution is 7.92. The minimum absolute atomic E-state index is 0.0933. The van der Waals surface area contributed by atoms with Crippen molar-refractivity contribution >= 4 is 27.5 Å². The first-order valence-electron chi connectivity index (χ1n) is 15.0. The van der Waals surface area contributed by atoms with Crippen LogP contribution in [0.3, 0.4) is 0 Å². The first-order chi connectivity index (χ1) is 20.7. The van der Waals surface area contributed by atoms with Crippen LogP contribution in [0.2, 0.25) is 0 Å². The molecule has 8 nitrogen and oxygen atoms in total. The zero-order chi connectivity index (χ0) is 30.8. The third kappa shape index (κ3) is 9.07. The van der Waals surface area contributed by atoms with E-state index in [9.17, 15) is 18.0 Å². The summed E-state index contributed by atoms with van der Waals surface area (Å²) in [5, 5.41) is 3.23. The molecule has 0 aromatic heterocycles. The molecule has 0 radical (unpaired) electrons. The lowest BCUT2D eigenvalue weighted by Crippen LogP contribution is -2.52. The molecule has 1 unspecified atom stereocenters. The van der Waals surface area contributed by atoms with Crippen LogP contribution in [-0.4, -0.2) is 57.1 Å². The summed E-state index contributed by atoms with van der Waals surface area (Å²) in [6.07, 6.45) is 6.01. The van der Waals surface area contributed by atoms with Crippen LogP contribution in [0.1, 0.15) is 55.2 Å². The monoisotopic (exact) mass is 605 g/mol. The Kier molecular flexibility index (Phi) is 11.2. The summed E-state index contributed by atoms with van der Waals surface area (Å²) < 4.78 is 31.9. The molecule has 1 atom stereocenters. The van der Waals surface area contributed by atoms with E-state index in [1.807, 2.05) is 61.5 Å². The van der Waals surface area contributed by atoms with Crippen LogP contribution in [0.4, 0.5) is 5.69 Å². The molecule has 0 saturated heterocycles. The van der Waals surface area contributed by atoms with Gasteiger partial charge in [-0.15, -0.1) is 0 Å². The maximum atomic E-state index is 14.0. The molecule has 0 spiro atoms. The van der Waals surface area contributed by atoms with Crippen molar-refractivity contribution in [1.82, 2.24) is 10.2 Å². The first-order valence-corrected chi connectivity index (χ1v) is 16.8. The molecule has 1 N–H and O–H groups in total. The van der Waals surface area contributed by atoms with E-state index in [-0.39, 0.29) is 37.4 Å². The van der Waals surface area contributed by atoms with E-state index in [0.717, 1.165) is 48.6 Å². The number of amides is 2. The summed E-state index contributed by atoms with van der Waals surface area (Å²) in [4.78, 5) is 29.6. The lowest BCUT2D eigenvalue weighted by molar-refractivity contribution is -0.141. The fraction of sp³-hybridized carbons (Fsp3) is 0.412. The summed E-state index contributed by atoms with van der Waals surface area (Å²) in [6, 6.07) is 23.9. The van der Waals surface area contributed by atoms with Crippen LogP contribution >= 0.6 is 0 Å². The standard InChI is InChI=1S/C34H43N3O5S/c1-26-12-7-8-15-28(26)25-36(32(24-27-13-5-4-6-14-27)34(39)35-29-16-9-10-17-29)33(38)18-11-23-37(43(3,40)41)30-19-21-31(42-2)22-20-30/h4-8,12-15,19-22,29,32H,9-11,16-18,23-25H2,1-3H3,(H,35,39). The zero-order valence-corrected chi connectivity index (χ0v) is 26.2. The second-order valence-corrected chi connectivity index (χ2v) is 13.2. The number of hydrogen-bond donors (Lipinski definition) is 1. The Morgan fingerprint density at radius 1 is 0.953 bits per heavy atom. The van der Waals surface area contributed by atoms with Gasteiger partial charge < -0.3 is 15.0 Å². The quantitative estimate of drug-likeness (QED) is 0.271. The predicted molar refractivity (Wildman–Crippen MR) is 170 cm³/mol. The van der Waals surface area contributed by atoms with Crippen LogP contribution in [0.25, 0.3) is 0 Å². The van der Waals surface area contributed by atoms with E-state index in [0.29, 0.717) is 24.3 Å². The van der Waals surface area contributed by atoms with Crippen LogP contribution < -0.4 is 14.4 Å². The SMILES string of the molecule is COc1ccc(N(CCCC(=O)N(Cc2ccccc2C)C(Cc2ccccc2)C(=O)NC2CCCC2)S(C)(=O)=O)cc1. The van der Waals surface area contributed by atoms with Gasteiger partial charge in [-0.25, -0.2) is 8.42 Å². The van der Waals surface area contributed by atoms with Crippen molar-refractivity contribution in [3.05, 3.63) is 95.6 Å². The van der Waals surface area contributed by atoms with Crippen molar-refractivity contribution in [3.8, 4) is 5.75 Å². The minimum Gasteiger partial charge on any atom is -0.497 e. The summed E-state index contributed by atoms with van der Waals surface area (Å²) in [5.41, 5.74) is 3.49. The van der Waals surface area contributed by atoms with Crippen molar-refractivity contribution in [1.29, 1.82) is 0 Å². The normalized spacial score (nSPS) is 14.2. The topological polar surface area (TPSA) is 96.0 Å². The van der Waals surface area contributed by atoms with Gasteiger partial charge in [0.2, 0.25) is 21.8 Å². The van der Waals surface area contributed by atoms with E-state index in [4.69, 9.17) is 4.74 Å². The van der Waals surface area contributed by atoms with Crippen molar-refractivity contribution in [2.24, 2.45) is 0 Å². The number of nitrogens with one attached hydrogen (secondary N) is 1. The Morgan fingerprint density at radius 3 is 2.23 bits per heavy atom. The third-order valence-corrected chi connectivity index (χ3v) is 9.28. The molecule has 2 amide bonds. The van der Waals surface area contributed by atoms with Crippen molar-refractivity contribution in [3.63, 3.8) is 0 Å². The largest absolute Gasteiger partial charge is 0.497 e. The molecule has 230 valence electrons. The minimum atomic E-state index is -3.59. The Labute approximate surface area is 256 Å². The maximum absolute atomic E-state index is 14.0. The number of carbonyl (C=O) groups excluding carboxylic acids is 2. The Balaban J connectivity index is 1.58. The van der Waals surface area contributed by atoms with Gasteiger partial charge in [-0.2, -0.15) is 0 Å². The number of rotatable bonds is 14. The van der Waals surface area contributed by atoms with Crippen LogP contribution in [-0.2, 0) is 32.6 Å². The fourth-order valence-corrected chi connectivity index (χ4v) is 6.61. The Hall–Kier alpha value is -3.85. The molecule has 9 heteroatoms. The first kappa shape index (κ1) is 32.1. The molecular weight excluding hydrogens is 562 g/mol. The summed E-state index contributed by atoms with van der Waals surface area (Å²) in [7, 11) is -2.04. The third-order valence-electron chi connectivity index (χ3n) is 8.09. The van der Waals surface area contributed by atoms with Gasteiger partial charge in [-0.05, 0) is 67.1 Å². The molecule has 0 heterocycles. The molecule has 1 aliphatic rings. The molecule has 0 bridgehead atoms. The van der Waals surface area contributed by atoms with Gasteiger partial charge in [-0.3, -0.25) is 13.9 Å². The van der Waals surface area contributed by atoms with Gasteiger partial charge in [0.05, 0.1) is 19.1 Å². The number of nitrogens with zero attached hydrogens (tertiary/aromatic N) is 2. The number of ether oxygens (including phenoxy) is 1. The molecule has 0 aliphatic heterocycles. The Morgan fingerprint density at radius 2 is 1.60 bits per heavy atom. The molecule has 43 heavy (non-hydrogen) atoms. The molecule has 4 rings (SSSR count). The fourth-order valence-electron chi connectivity index (χ4n) is 5.64. The number of aryl methyl sites for hydroxylation is 1. The van der Waals surface area contributed by atoms with E-state index >= 15 is 0 Å². The zero-order valence-electron chi connectivity index (χ0n) is 25.4. The van der Waals surface area contributed by atoms with Gasteiger partial charge in [-0.1, -0.05) is 67.4 Å². The second kappa shape index (κ2) is 15.0. The van der Waals surface area contributed by atoms with Gasteiger partial charge in [0.1, 0.15) is 11.8 Å². The lowest BCUT2D eigenvalue weighted by atomic mass is 10.0. The van der Waals surface area contributed by atoms with Crippen LogP contribution in [0, 0.1) is 6.92 Å². The number of sulfonamides is 1.